The van der Waals surface area contributed by atoms with Crippen LogP contribution in [0.15, 0.2) is 17.1 Å². The quantitative estimate of drug-likeness (QED) is 0.838. The van der Waals surface area contributed by atoms with Crippen molar-refractivity contribution in [2.75, 3.05) is 19.6 Å². The molecule has 0 radical (unpaired) electrons. The van der Waals surface area contributed by atoms with Gasteiger partial charge in [0, 0.05) is 32.8 Å². The summed E-state index contributed by atoms with van der Waals surface area (Å²) in [7, 11) is 0. The molecule has 5 nitrogen and oxygen atoms in total. The Balaban J connectivity index is 1.71. The first kappa shape index (κ1) is 14.8. The fraction of sp³-hybridized carbons (Fsp3) is 0.667. The minimum absolute atomic E-state index is 0.0285. The maximum Gasteiger partial charge on any atom is 0.247 e. The van der Waals surface area contributed by atoms with Crippen molar-refractivity contribution in [1.82, 2.24) is 10.2 Å². The van der Waals surface area contributed by atoms with E-state index in [1.807, 2.05) is 17.1 Å². The Kier molecular flexibility index (Phi) is 5.32. The van der Waals surface area contributed by atoms with Crippen molar-refractivity contribution < 1.29 is 9.59 Å². The number of rotatable bonds is 4. The third-order valence-corrected chi connectivity index (χ3v) is 3.99. The van der Waals surface area contributed by atoms with Crippen LogP contribution in [0, 0.1) is 5.92 Å². The molecule has 2 aliphatic heterocycles. The molecule has 20 heavy (non-hydrogen) atoms. The van der Waals surface area contributed by atoms with Crippen LogP contribution in [0.5, 0.6) is 0 Å². The van der Waals surface area contributed by atoms with Gasteiger partial charge in [-0.05, 0) is 37.7 Å². The summed E-state index contributed by atoms with van der Waals surface area (Å²) >= 11 is 0. The van der Waals surface area contributed by atoms with E-state index < -0.39 is 0 Å². The third-order valence-electron chi connectivity index (χ3n) is 3.99. The van der Waals surface area contributed by atoms with Crippen LogP contribution in [-0.4, -0.2) is 48.6 Å². The molecule has 5 heteroatoms. The van der Waals surface area contributed by atoms with E-state index in [2.05, 4.69) is 10.3 Å². The van der Waals surface area contributed by atoms with Crippen molar-refractivity contribution in [3.05, 3.63) is 12.2 Å². The normalized spacial score (nSPS) is 22.9. The molecule has 0 aromatic heterocycles. The highest BCUT2D eigenvalue weighted by Crippen LogP contribution is 2.21. The summed E-state index contributed by atoms with van der Waals surface area (Å²) in [5, 5.41) is 2.83. The van der Waals surface area contributed by atoms with Gasteiger partial charge >= 0.3 is 0 Å². The second-order valence-corrected chi connectivity index (χ2v) is 5.52. The summed E-state index contributed by atoms with van der Waals surface area (Å²) in [4.78, 5) is 29.3. The summed E-state index contributed by atoms with van der Waals surface area (Å²) in [6, 6.07) is -0.212. The molecular weight excluding hydrogens is 254 g/mol. The van der Waals surface area contributed by atoms with E-state index >= 15 is 0 Å². The van der Waals surface area contributed by atoms with Gasteiger partial charge in [-0.1, -0.05) is 6.08 Å². The Morgan fingerprint density at radius 2 is 2.10 bits per heavy atom. The molecule has 0 bridgehead atoms. The van der Waals surface area contributed by atoms with Gasteiger partial charge in [-0.25, -0.2) is 0 Å². The van der Waals surface area contributed by atoms with Crippen molar-refractivity contribution in [3.63, 3.8) is 0 Å². The molecule has 1 unspecified atom stereocenters. The van der Waals surface area contributed by atoms with Crippen LogP contribution in [0.1, 0.15) is 32.6 Å². The topological polar surface area (TPSA) is 61.8 Å². The lowest BCUT2D eigenvalue weighted by molar-refractivity contribution is -0.133. The van der Waals surface area contributed by atoms with Crippen molar-refractivity contribution in [1.29, 1.82) is 0 Å². The number of carbonyl (C=O) groups excluding carboxylic acids is 2. The Labute approximate surface area is 120 Å². The number of aliphatic imine (C=N–C) groups is 1. The fourth-order valence-electron chi connectivity index (χ4n) is 2.75. The van der Waals surface area contributed by atoms with Crippen molar-refractivity contribution in [2.24, 2.45) is 10.9 Å². The van der Waals surface area contributed by atoms with Crippen LogP contribution in [-0.2, 0) is 9.59 Å². The number of likely N-dealkylation sites (tertiary alicyclic amines) is 1. The lowest BCUT2D eigenvalue weighted by Crippen LogP contribution is -2.43. The first-order chi connectivity index (χ1) is 9.66. The highest BCUT2D eigenvalue weighted by atomic mass is 16.2. The van der Waals surface area contributed by atoms with Gasteiger partial charge < -0.3 is 10.2 Å². The standard InChI is InChI=1S/C15H23N3O2/c1-12(19)16-9-5-13-6-10-18(11-7-13)15(20)14-4-2-3-8-17-14/h2-3,8,13-14H,4-7,9-11H2,1H3,(H,16,19). The molecule has 0 aromatic carbocycles. The van der Waals surface area contributed by atoms with Gasteiger partial charge in [0.25, 0.3) is 0 Å². The Bertz CT molecular complexity index is 409. The van der Waals surface area contributed by atoms with E-state index in [1.165, 1.54) is 0 Å². The van der Waals surface area contributed by atoms with Crippen LogP contribution in [0.3, 0.4) is 0 Å². The third kappa shape index (κ3) is 4.18. The lowest BCUT2D eigenvalue weighted by Gasteiger charge is -2.33. The fourth-order valence-corrected chi connectivity index (χ4v) is 2.75. The van der Waals surface area contributed by atoms with Crippen molar-refractivity contribution in [2.45, 2.75) is 38.6 Å². The Morgan fingerprint density at radius 1 is 1.35 bits per heavy atom. The summed E-state index contributed by atoms with van der Waals surface area (Å²) < 4.78 is 0. The van der Waals surface area contributed by atoms with Gasteiger partial charge in [-0.15, -0.1) is 0 Å². The zero-order valence-corrected chi connectivity index (χ0v) is 12.0. The van der Waals surface area contributed by atoms with Crippen molar-refractivity contribution in [3.8, 4) is 0 Å². The Morgan fingerprint density at radius 3 is 2.70 bits per heavy atom. The number of nitrogens with zero attached hydrogens (tertiary/aromatic N) is 2. The van der Waals surface area contributed by atoms with Crippen LogP contribution < -0.4 is 5.32 Å². The molecule has 1 N–H and O–H groups in total. The molecule has 2 heterocycles. The zero-order valence-electron chi connectivity index (χ0n) is 12.0. The molecule has 110 valence electrons. The number of piperidine rings is 1. The molecule has 2 rings (SSSR count). The first-order valence-electron chi connectivity index (χ1n) is 7.38. The van der Waals surface area contributed by atoms with E-state index in [1.54, 1.807) is 13.1 Å². The molecule has 0 spiro atoms. The SMILES string of the molecule is CC(=O)NCCC1CCN(C(=O)C2CC=CC=N2)CC1. The van der Waals surface area contributed by atoms with E-state index in [9.17, 15) is 9.59 Å². The van der Waals surface area contributed by atoms with E-state index in [0.717, 1.165) is 45.3 Å². The highest BCUT2D eigenvalue weighted by molar-refractivity contribution is 5.86. The van der Waals surface area contributed by atoms with Crippen LogP contribution in [0.4, 0.5) is 0 Å². The molecule has 0 aliphatic carbocycles. The molecule has 2 amide bonds. The number of nitrogens with one attached hydrogen (secondary N) is 1. The molecular formula is C15H23N3O2. The van der Waals surface area contributed by atoms with Crippen molar-refractivity contribution >= 4 is 18.0 Å². The molecule has 2 aliphatic rings. The Hall–Kier alpha value is -1.65. The summed E-state index contributed by atoms with van der Waals surface area (Å²) in [6.07, 6.45) is 9.37. The smallest absolute Gasteiger partial charge is 0.247 e. The first-order valence-corrected chi connectivity index (χ1v) is 7.38. The minimum atomic E-state index is -0.212. The zero-order chi connectivity index (χ0) is 14.4. The van der Waals surface area contributed by atoms with Crippen LogP contribution in [0.25, 0.3) is 0 Å². The maximum atomic E-state index is 12.3. The second kappa shape index (κ2) is 7.22. The highest BCUT2D eigenvalue weighted by Gasteiger charge is 2.27. The molecule has 1 atom stereocenters. The molecule has 1 saturated heterocycles. The van der Waals surface area contributed by atoms with Gasteiger partial charge in [-0.3, -0.25) is 14.6 Å². The minimum Gasteiger partial charge on any atom is -0.356 e. The number of hydrogen-bond donors (Lipinski definition) is 1. The number of dihydropyridines is 1. The number of amides is 2. The maximum absolute atomic E-state index is 12.3. The van der Waals surface area contributed by atoms with Gasteiger partial charge in [0.05, 0.1) is 0 Å². The van der Waals surface area contributed by atoms with E-state index in [0.29, 0.717) is 5.92 Å². The summed E-state index contributed by atoms with van der Waals surface area (Å²) in [6.45, 7) is 3.92. The van der Waals surface area contributed by atoms with Gasteiger partial charge in [0.15, 0.2) is 0 Å². The summed E-state index contributed by atoms with van der Waals surface area (Å²) in [5.74, 6) is 0.799. The van der Waals surface area contributed by atoms with Gasteiger partial charge in [0.1, 0.15) is 6.04 Å². The average molecular weight is 277 g/mol. The van der Waals surface area contributed by atoms with Gasteiger partial charge in [-0.2, -0.15) is 0 Å². The number of allylic oxidation sites excluding steroid dienone is 1. The molecule has 1 fully saturated rings. The monoisotopic (exact) mass is 277 g/mol. The van der Waals surface area contributed by atoms with E-state index in [4.69, 9.17) is 0 Å². The van der Waals surface area contributed by atoms with Crippen LogP contribution >= 0.6 is 0 Å². The lowest BCUT2D eigenvalue weighted by atomic mass is 9.93. The largest absolute Gasteiger partial charge is 0.356 e. The van der Waals surface area contributed by atoms with Crippen LogP contribution in [0.2, 0.25) is 0 Å². The second-order valence-electron chi connectivity index (χ2n) is 5.52. The van der Waals surface area contributed by atoms with Gasteiger partial charge in [0.2, 0.25) is 11.8 Å². The molecule has 0 saturated carbocycles. The predicted octanol–water partition coefficient (Wildman–Crippen LogP) is 1.15. The predicted molar refractivity (Wildman–Crippen MR) is 78.6 cm³/mol. The number of hydrogen-bond acceptors (Lipinski definition) is 3. The number of carbonyl (C=O) groups is 2. The average Bonchev–Trinajstić information content (AvgIpc) is 2.48. The molecule has 0 aromatic rings. The summed E-state index contributed by atoms with van der Waals surface area (Å²) in [5.41, 5.74) is 0. The van der Waals surface area contributed by atoms with E-state index in [-0.39, 0.29) is 17.9 Å².